The van der Waals surface area contributed by atoms with Crippen molar-refractivity contribution in [1.29, 1.82) is 0 Å². The Morgan fingerprint density at radius 2 is 0.127 bits per heavy atom. The van der Waals surface area contributed by atoms with Crippen molar-refractivity contribution < 1.29 is 0 Å². The van der Waals surface area contributed by atoms with E-state index in [4.69, 9.17) is 12.8 Å². The van der Waals surface area contributed by atoms with Crippen molar-refractivity contribution in [2.45, 2.75) is 0 Å². The van der Waals surface area contributed by atoms with Gasteiger partial charge in [-0.05, 0) is 94.7 Å². The van der Waals surface area contributed by atoms with E-state index in [9.17, 15) is 0 Å². The third-order valence-corrected chi connectivity index (χ3v) is 6.20. The molecule has 0 fully saturated rings. The van der Waals surface area contributed by atoms with Crippen LogP contribution in [0.15, 0.2) is 0 Å². The Morgan fingerprint density at radius 3 is 0.176 bits per heavy atom. The number of hydrogen-bond donors (Lipinski definition) is 0. The fraction of sp³-hybridized carbons (Fsp3) is 0. The van der Waals surface area contributed by atoms with Gasteiger partial charge >= 0.3 is 0 Å². The van der Waals surface area contributed by atoms with Crippen LogP contribution in [-0.2, 0) is 0 Å². The summed E-state index contributed by atoms with van der Waals surface area (Å²) in [5.74, 6) is 247. The number of hydrogen-bond acceptors (Lipinski definition) is 0. The Hall–Kier alpha value is -22.4. The van der Waals surface area contributed by atoms with Crippen LogP contribution < -0.4 is 0 Å². The van der Waals surface area contributed by atoms with Crippen LogP contribution in [0.5, 0.6) is 0 Å². The van der Waals surface area contributed by atoms with Gasteiger partial charge in [-0.25, -0.2) is 5.92 Å². The molecule has 102 heavy (non-hydrogen) atoms. The standard InChI is InChI=1S/C102H/c1-3-5-7-9-11-13-15-17-19-21-23-25-27-29-31-33-35-37-39-41-43-45-47-49-51-53-55-57-59-61-63-65-67-69-71-73-75-77-79-81-83-85-87-89-91-93-95-97-99-101-102-100-98-96-94-92-90-88-86-84-82-80-78-76-74-72-70-68-66-64-62-60-58-56-54-52-50-48-46-44-42-40-38-36-34-32-30-28-26-24-22-20-18-16-14-12-10-8-6-4-2/h1H/q-1. The SMILES string of the molecule is [C-]#CC#CC#CC#CC#CC#CC#CC#CC#CC#CC#CC#CC#CC#CC#CC#CC#CC#CC#CC#CC#CC#CC#CC#CC#CC#CC#CC#CC#CC#CC#CC#CC#CC#CC#CC#CC#CC#CC#CC#CC#CC#CC#CC#CC#CC#CC#CC#CC#CC#CC#C. The monoisotopic (exact) mass is 1230 g/mol. The van der Waals surface area contributed by atoms with Gasteiger partial charge in [-0.15, -0.1) is 12.3 Å². The molecule has 0 atom stereocenters. The lowest BCUT2D eigenvalue weighted by Crippen LogP contribution is -1.57. The molecule has 0 aliphatic rings. The number of rotatable bonds is 0. The van der Waals surface area contributed by atoms with E-state index < -0.39 is 0 Å². The maximum Gasteiger partial charge on any atom is 0 e. The van der Waals surface area contributed by atoms with Crippen molar-refractivity contribution in [2.24, 2.45) is 0 Å². The highest BCUT2D eigenvalue weighted by Crippen LogP contribution is 1.67. The molecule has 0 aromatic rings. The molecule has 0 saturated heterocycles. The van der Waals surface area contributed by atoms with Crippen LogP contribution in [0.1, 0.15) is 0 Å². The van der Waals surface area contributed by atoms with Crippen molar-refractivity contribution in [3.05, 3.63) is 6.42 Å². The van der Waals surface area contributed by atoms with Crippen molar-refractivity contribution in [3.63, 3.8) is 0 Å². The molecule has 0 aromatic carbocycles. The van der Waals surface area contributed by atoms with E-state index in [2.05, 4.69) is 586 Å². The average molecular weight is 1230 g/mol. The average Bonchev–Trinajstić information content (AvgIpc) is 3.74. The topological polar surface area (TPSA) is 0 Å². The van der Waals surface area contributed by atoms with E-state index in [0.29, 0.717) is 0 Å². The van der Waals surface area contributed by atoms with Gasteiger partial charge in [0.15, 0.2) is 0 Å². The highest BCUT2D eigenvalue weighted by molar-refractivity contribution is 5.56. The van der Waals surface area contributed by atoms with E-state index >= 15 is 0 Å². The molecule has 410 valence electrons. The van der Waals surface area contributed by atoms with Crippen molar-refractivity contribution in [1.82, 2.24) is 0 Å². The van der Waals surface area contributed by atoms with Crippen LogP contribution in [0.3, 0.4) is 0 Å². The first-order valence-corrected chi connectivity index (χ1v) is 25.3. The maximum atomic E-state index is 6.59. The van der Waals surface area contributed by atoms with Gasteiger partial charge < -0.3 is 6.42 Å². The van der Waals surface area contributed by atoms with Crippen LogP contribution in [0, 0.1) is 605 Å². The Kier molecular flexibility index (Phi) is 61.3. The van der Waals surface area contributed by atoms with Gasteiger partial charge in [0.2, 0.25) is 0 Å². The Bertz CT molecular complexity index is 6830. The molecule has 0 aliphatic heterocycles. The van der Waals surface area contributed by atoms with Crippen LogP contribution in [0.25, 0.3) is 0 Å². The van der Waals surface area contributed by atoms with Crippen molar-refractivity contribution in [3.8, 4) is 598 Å². The minimum Gasteiger partial charge on any atom is -0.358 e. The Balaban J connectivity index is 4.64. The summed E-state index contributed by atoms with van der Waals surface area (Å²) in [6, 6.07) is 0. The molecule has 0 bridgehead atoms. The van der Waals surface area contributed by atoms with E-state index in [1.807, 2.05) is 5.92 Å². The summed E-state index contributed by atoms with van der Waals surface area (Å²) in [5.41, 5.74) is 0. The smallest absolute Gasteiger partial charge is 0 e. The molecule has 0 aromatic heterocycles. The minimum absolute atomic E-state index is 1.87. The molecule has 0 nitrogen and oxygen atoms in total. The molecule has 0 aliphatic carbocycles. The fourth-order valence-corrected chi connectivity index (χ4v) is 3.07. The summed E-state index contributed by atoms with van der Waals surface area (Å²) < 4.78 is 0. The highest BCUT2D eigenvalue weighted by atomic mass is 13.7. The van der Waals surface area contributed by atoms with Crippen molar-refractivity contribution >= 4 is 0 Å². The molecule has 0 heterocycles. The zero-order valence-electron chi connectivity index (χ0n) is 51.1. The van der Waals surface area contributed by atoms with Gasteiger partial charge in [0.25, 0.3) is 0 Å². The summed E-state index contributed by atoms with van der Waals surface area (Å²) in [6.45, 7) is 0. The molecular weight excluding hydrogens is 1230 g/mol. The Morgan fingerprint density at radius 1 is 0.0784 bits per heavy atom. The lowest BCUT2D eigenvalue weighted by atomic mass is 10.4. The van der Waals surface area contributed by atoms with E-state index in [-0.39, 0.29) is 0 Å². The summed E-state index contributed by atoms with van der Waals surface area (Å²) in [4.78, 5) is 0. The van der Waals surface area contributed by atoms with Crippen LogP contribution in [0.2, 0.25) is 0 Å². The lowest BCUT2D eigenvalue weighted by molar-refractivity contribution is 2.31. The molecular formula is C102H-. The van der Waals surface area contributed by atoms with Gasteiger partial charge in [0, 0.05) is 480 Å². The number of terminal acetylenes is 1. The first-order valence-electron chi connectivity index (χ1n) is 25.3. The second-order valence-electron chi connectivity index (χ2n) is 12.5. The third kappa shape index (κ3) is 77.6. The van der Waals surface area contributed by atoms with Gasteiger partial charge in [0.1, 0.15) is 0 Å². The molecule has 0 rings (SSSR count). The van der Waals surface area contributed by atoms with E-state index in [0.717, 1.165) is 0 Å². The predicted octanol–water partition coefficient (Wildman–Crippen LogP) is 0.376. The normalized spacial score (nSPS) is 3.94. The second kappa shape index (κ2) is 78.6. The molecule has 0 N–H and O–H groups in total. The molecule has 0 saturated carbocycles. The third-order valence-electron chi connectivity index (χ3n) is 6.20. The van der Waals surface area contributed by atoms with Gasteiger partial charge in [-0.1, -0.05) is 0 Å². The minimum atomic E-state index is 1.87. The van der Waals surface area contributed by atoms with E-state index in [1.165, 1.54) is 0 Å². The molecule has 0 unspecified atom stereocenters. The summed E-state index contributed by atoms with van der Waals surface area (Å²) >= 11 is 0. The van der Waals surface area contributed by atoms with Crippen LogP contribution in [-0.4, -0.2) is 0 Å². The fourth-order valence-electron chi connectivity index (χ4n) is 3.07. The van der Waals surface area contributed by atoms with Gasteiger partial charge in [-0.2, -0.15) is 0 Å². The second-order valence-corrected chi connectivity index (χ2v) is 12.5. The highest BCUT2D eigenvalue weighted by Gasteiger charge is 1.67. The van der Waals surface area contributed by atoms with Gasteiger partial charge in [-0.3, -0.25) is 5.92 Å². The summed E-state index contributed by atoms with van der Waals surface area (Å²) in [7, 11) is 0. The molecule has 0 radical (unpaired) electrons. The molecule has 0 spiro atoms. The first kappa shape index (κ1) is 79.6. The molecule has 0 amide bonds. The Labute approximate surface area is 601 Å². The quantitative estimate of drug-likeness (QED) is 0.244. The first-order chi connectivity index (χ1) is 50.9. The maximum absolute atomic E-state index is 6.59. The van der Waals surface area contributed by atoms with Gasteiger partial charge in [0.05, 0.1) is 0 Å². The van der Waals surface area contributed by atoms with Crippen LogP contribution in [0.4, 0.5) is 0 Å². The summed E-state index contributed by atoms with van der Waals surface area (Å²) in [5, 5.41) is 0. The summed E-state index contributed by atoms with van der Waals surface area (Å²) in [6.07, 6.45) is 11.5. The largest absolute Gasteiger partial charge is 0.358 e. The molecule has 0 heteroatoms. The van der Waals surface area contributed by atoms with Crippen molar-refractivity contribution in [2.75, 3.05) is 0 Å². The lowest BCUT2D eigenvalue weighted by Gasteiger charge is -1.63. The zero-order valence-corrected chi connectivity index (χ0v) is 51.1. The predicted molar refractivity (Wildman–Crippen MR) is 397 cm³/mol. The van der Waals surface area contributed by atoms with Crippen LogP contribution >= 0.6 is 0 Å². The van der Waals surface area contributed by atoms with E-state index in [1.54, 1.807) is 0 Å². The zero-order chi connectivity index (χ0) is 72.7.